The Morgan fingerprint density at radius 1 is 1.36 bits per heavy atom. The number of hydrogen-bond acceptors (Lipinski definition) is 3. The summed E-state index contributed by atoms with van der Waals surface area (Å²) in [5.74, 6) is -0.187. The van der Waals surface area contributed by atoms with E-state index in [-0.39, 0.29) is 0 Å². The third kappa shape index (κ3) is 2.00. The minimum absolute atomic E-state index is 0.321. The van der Waals surface area contributed by atoms with Crippen LogP contribution in [0.15, 0.2) is 24.4 Å². The first kappa shape index (κ1) is 13.6. The zero-order valence-electron chi connectivity index (χ0n) is 12.7. The molecule has 2 aliphatic rings. The van der Waals surface area contributed by atoms with Crippen LogP contribution in [0.3, 0.4) is 0 Å². The second-order valence-electron chi connectivity index (χ2n) is 6.64. The first-order valence-electron chi connectivity index (χ1n) is 7.73. The van der Waals surface area contributed by atoms with Gasteiger partial charge < -0.3 is 19.3 Å². The van der Waals surface area contributed by atoms with Crippen molar-refractivity contribution in [3.05, 3.63) is 30.0 Å². The van der Waals surface area contributed by atoms with Crippen molar-refractivity contribution in [1.82, 2.24) is 9.47 Å². The number of hydrogen-bond donors (Lipinski definition) is 1. The predicted octanol–water partition coefficient (Wildman–Crippen LogP) is 2.44. The number of fused-ring (bicyclic) bond motifs is 3. The lowest BCUT2D eigenvalue weighted by atomic mass is 9.84. The van der Waals surface area contributed by atoms with E-state index in [1.54, 1.807) is 13.3 Å². The minimum atomic E-state index is -0.881. The smallest absolute Gasteiger partial charge is 0.337 e. The highest BCUT2D eigenvalue weighted by Gasteiger charge is 2.43. The molecule has 2 bridgehead atoms. The maximum atomic E-state index is 11.6. The number of benzene rings is 1. The minimum Gasteiger partial charge on any atom is -0.497 e. The van der Waals surface area contributed by atoms with E-state index in [0.29, 0.717) is 16.7 Å². The number of ether oxygens (including phenoxy) is 1. The summed E-state index contributed by atoms with van der Waals surface area (Å²) in [6.07, 6.45) is 4.22. The first-order valence-corrected chi connectivity index (χ1v) is 7.73. The summed E-state index contributed by atoms with van der Waals surface area (Å²) in [7, 11) is 1.60. The van der Waals surface area contributed by atoms with E-state index < -0.39 is 5.97 Å². The molecular formula is C17H20N2O3. The second-order valence-corrected chi connectivity index (χ2v) is 6.64. The summed E-state index contributed by atoms with van der Waals surface area (Å²) >= 11 is 0. The average Bonchev–Trinajstić information content (AvgIpc) is 3.20. The van der Waals surface area contributed by atoms with Crippen molar-refractivity contribution in [2.24, 2.45) is 5.41 Å². The molecule has 4 rings (SSSR count). The van der Waals surface area contributed by atoms with Crippen LogP contribution in [-0.2, 0) is 6.54 Å². The number of aromatic nitrogens is 1. The van der Waals surface area contributed by atoms with Gasteiger partial charge in [-0.1, -0.05) is 0 Å². The largest absolute Gasteiger partial charge is 0.497 e. The molecule has 2 saturated heterocycles. The quantitative estimate of drug-likeness (QED) is 0.942. The molecule has 2 aromatic rings. The highest BCUT2D eigenvalue weighted by Crippen LogP contribution is 2.42. The fourth-order valence-electron chi connectivity index (χ4n) is 4.09. The first-order chi connectivity index (χ1) is 10.6. The van der Waals surface area contributed by atoms with Gasteiger partial charge in [-0.2, -0.15) is 0 Å². The molecule has 0 saturated carbocycles. The van der Waals surface area contributed by atoms with Crippen LogP contribution in [0.5, 0.6) is 5.75 Å². The van der Waals surface area contributed by atoms with Crippen LogP contribution >= 0.6 is 0 Å². The number of carbonyl (C=O) groups is 1. The summed E-state index contributed by atoms with van der Waals surface area (Å²) in [4.78, 5) is 14.1. The molecule has 3 heterocycles. The van der Waals surface area contributed by atoms with Crippen LogP contribution in [0.4, 0.5) is 0 Å². The molecule has 0 spiro atoms. The normalized spacial score (nSPS) is 26.7. The Morgan fingerprint density at radius 3 is 2.73 bits per heavy atom. The van der Waals surface area contributed by atoms with Gasteiger partial charge in [-0.25, -0.2) is 4.79 Å². The van der Waals surface area contributed by atoms with E-state index >= 15 is 0 Å². The summed E-state index contributed by atoms with van der Waals surface area (Å²) in [5.41, 5.74) is 1.66. The number of carboxylic acid groups (broad SMARTS) is 1. The Labute approximate surface area is 129 Å². The van der Waals surface area contributed by atoms with Crippen LogP contribution in [0.1, 0.15) is 23.2 Å². The van der Waals surface area contributed by atoms with Crippen LogP contribution in [0.2, 0.25) is 0 Å². The van der Waals surface area contributed by atoms with Gasteiger partial charge in [0.15, 0.2) is 0 Å². The molecule has 116 valence electrons. The molecule has 0 unspecified atom stereocenters. The van der Waals surface area contributed by atoms with E-state index in [0.717, 1.165) is 24.0 Å². The number of carboxylic acids is 1. The zero-order valence-corrected chi connectivity index (χ0v) is 12.7. The molecule has 1 aromatic carbocycles. The molecule has 1 N–H and O–H groups in total. The Morgan fingerprint density at radius 2 is 2.14 bits per heavy atom. The lowest BCUT2D eigenvalue weighted by molar-refractivity contribution is 0.0698. The van der Waals surface area contributed by atoms with Crippen LogP contribution < -0.4 is 4.74 Å². The maximum absolute atomic E-state index is 11.6. The van der Waals surface area contributed by atoms with Gasteiger partial charge in [0, 0.05) is 35.6 Å². The molecule has 5 heteroatoms. The number of rotatable bonds is 4. The van der Waals surface area contributed by atoms with Crippen LogP contribution in [0.25, 0.3) is 10.9 Å². The zero-order chi connectivity index (χ0) is 15.3. The van der Waals surface area contributed by atoms with E-state index in [4.69, 9.17) is 4.74 Å². The lowest BCUT2D eigenvalue weighted by Gasteiger charge is -2.26. The van der Waals surface area contributed by atoms with Crippen molar-refractivity contribution < 1.29 is 14.6 Å². The van der Waals surface area contributed by atoms with Gasteiger partial charge in [-0.3, -0.25) is 0 Å². The molecule has 1 aromatic heterocycles. The van der Waals surface area contributed by atoms with Crippen LogP contribution in [-0.4, -0.2) is 47.3 Å². The molecule has 5 nitrogen and oxygen atoms in total. The van der Waals surface area contributed by atoms with Crippen molar-refractivity contribution in [3.63, 3.8) is 0 Å². The van der Waals surface area contributed by atoms with Gasteiger partial charge in [-0.15, -0.1) is 0 Å². The third-order valence-corrected chi connectivity index (χ3v) is 5.30. The van der Waals surface area contributed by atoms with Crippen molar-refractivity contribution >= 4 is 16.9 Å². The summed E-state index contributed by atoms with van der Waals surface area (Å²) in [5, 5.41) is 10.2. The van der Waals surface area contributed by atoms with Gasteiger partial charge in [0.25, 0.3) is 0 Å². The van der Waals surface area contributed by atoms with E-state index in [1.165, 1.54) is 25.9 Å². The molecule has 0 atom stereocenters. The SMILES string of the molecule is COc1ccc2c(c1)c(C(=O)O)cn2CC12CCN(CC1)C2. The molecule has 0 aliphatic carbocycles. The number of nitrogens with zero attached hydrogens (tertiary/aromatic N) is 2. The van der Waals surface area contributed by atoms with Crippen molar-refractivity contribution in [2.45, 2.75) is 19.4 Å². The number of methoxy groups -OCH3 is 1. The number of aromatic carboxylic acids is 1. The average molecular weight is 300 g/mol. The van der Waals surface area contributed by atoms with Gasteiger partial charge in [-0.05, 0) is 44.1 Å². The lowest BCUT2D eigenvalue weighted by Crippen LogP contribution is -2.25. The molecular weight excluding hydrogens is 280 g/mol. The van der Waals surface area contributed by atoms with Gasteiger partial charge in [0.2, 0.25) is 0 Å². The predicted molar refractivity (Wildman–Crippen MR) is 83.6 cm³/mol. The molecule has 2 fully saturated rings. The van der Waals surface area contributed by atoms with Crippen molar-refractivity contribution in [2.75, 3.05) is 26.7 Å². The molecule has 0 radical (unpaired) electrons. The van der Waals surface area contributed by atoms with E-state index in [9.17, 15) is 9.90 Å². The monoisotopic (exact) mass is 300 g/mol. The second kappa shape index (κ2) is 4.74. The fraction of sp³-hybridized carbons (Fsp3) is 0.471. The Hall–Kier alpha value is -2.01. The van der Waals surface area contributed by atoms with E-state index in [1.807, 2.05) is 18.2 Å². The summed E-state index contributed by atoms with van der Waals surface area (Å²) < 4.78 is 7.37. The van der Waals surface area contributed by atoms with Crippen LogP contribution in [0, 0.1) is 5.41 Å². The molecule has 22 heavy (non-hydrogen) atoms. The fourth-order valence-corrected chi connectivity index (χ4v) is 4.09. The van der Waals surface area contributed by atoms with Crippen molar-refractivity contribution in [1.29, 1.82) is 0 Å². The van der Waals surface area contributed by atoms with Crippen molar-refractivity contribution in [3.8, 4) is 5.75 Å². The molecule has 0 amide bonds. The third-order valence-electron chi connectivity index (χ3n) is 5.30. The number of piperidine rings is 1. The summed E-state index contributed by atoms with van der Waals surface area (Å²) in [6.45, 7) is 4.41. The Bertz CT molecular complexity index is 742. The Kier molecular flexibility index (Phi) is 2.94. The molecule has 2 aliphatic heterocycles. The van der Waals surface area contributed by atoms with E-state index in [2.05, 4.69) is 9.47 Å². The van der Waals surface area contributed by atoms with Gasteiger partial charge in [0.05, 0.1) is 12.7 Å². The standard InChI is InChI=1S/C17H20N2O3/c1-22-12-2-3-15-13(8-12)14(16(20)21)9-19(15)11-17-4-6-18(10-17)7-5-17/h2-3,8-9H,4-7,10-11H2,1H3,(H,20,21). The Balaban J connectivity index is 1.79. The highest BCUT2D eigenvalue weighted by atomic mass is 16.5. The highest BCUT2D eigenvalue weighted by molar-refractivity contribution is 6.03. The van der Waals surface area contributed by atoms with Gasteiger partial charge >= 0.3 is 5.97 Å². The maximum Gasteiger partial charge on any atom is 0.337 e. The summed E-state index contributed by atoms with van der Waals surface area (Å²) in [6, 6.07) is 5.69. The van der Waals surface area contributed by atoms with Gasteiger partial charge in [0.1, 0.15) is 5.75 Å². The topological polar surface area (TPSA) is 54.7 Å².